The first-order valence-electron chi connectivity index (χ1n) is 10.8. The molecule has 3 heterocycles. The van der Waals surface area contributed by atoms with Gasteiger partial charge in [-0.25, -0.2) is 5.01 Å². The number of rotatable bonds is 3. The summed E-state index contributed by atoms with van der Waals surface area (Å²) >= 11 is 4.55. The van der Waals surface area contributed by atoms with Gasteiger partial charge < -0.3 is 4.74 Å². The van der Waals surface area contributed by atoms with Crippen LogP contribution >= 0.6 is 27.7 Å². The summed E-state index contributed by atoms with van der Waals surface area (Å²) < 4.78 is 7.43. The molecule has 1 N–H and O–H groups in total. The van der Waals surface area contributed by atoms with Gasteiger partial charge in [0.15, 0.2) is 0 Å². The number of nitrogens with one attached hydrogen (secondary N) is 1. The second kappa shape index (κ2) is 8.24. The highest BCUT2D eigenvalue weighted by Gasteiger charge is 2.58. The molecule has 0 bridgehead atoms. The lowest BCUT2D eigenvalue weighted by Gasteiger charge is -2.45. The van der Waals surface area contributed by atoms with Crippen LogP contribution in [0.25, 0.3) is 6.08 Å². The number of hydrogen-bond acceptors (Lipinski definition) is 7. The Labute approximate surface area is 212 Å². The number of carbonyl (C=O) groups is 1. The van der Waals surface area contributed by atoms with E-state index in [-0.39, 0.29) is 17.0 Å². The predicted molar refractivity (Wildman–Crippen MR) is 137 cm³/mol. The van der Waals surface area contributed by atoms with Gasteiger partial charge in [0.2, 0.25) is 0 Å². The molecule has 3 aliphatic heterocycles. The average molecular weight is 549 g/mol. The van der Waals surface area contributed by atoms with Crippen molar-refractivity contribution in [3.05, 3.63) is 109 Å². The zero-order valence-corrected chi connectivity index (χ0v) is 20.5. The van der Waals surface area contributed by atoms with Crippen molar-refractivity contribution in [2.75, 3.05) is 0 Å². The Morgan fingerprint density at radius 1 is 1.17 bits per heavy atom. The normalized spacial score (nSPS) is 23.5. The van der Waals surface area contributed by atoms with Crippen molar-refractivity contribution in [1.29, 1.82) is 0 Å². The summed E-state index contributed by atoms with van der Waals surface area (Å²) in [6.45, 7) is 0. The van der Waals surface area contributed by atoms with Crippen LogP contribution in [0, 0.1) is 10.1 Å². The number of benzene rings is 3. The van der Waals surface area contributed by atoms with Crippen LogP contribution in [0.4, 0.5) is 10.5 Å². The lowest BCUT2D eigenvalue weighted by molar-refractivity contribution is -0.384. The molecule has 0 aromatic heterocycles. The number of ether oxygens (including phenoxy) is 1. The summed E-state index contributed by atoms with van der Waals surface area (Å²) in [6.07, 6.45) is 2.37. The highest BCUT2D eigenvalue weighted by molar-refractivity contribution is 9.10. The summed E-state index contributed by atoms with van der Waals surface area (Å²) in [6, 6.07) is 21.8. The van der Waals surface area contributed by atoms with Gasteiger partial charge in [0.25, 0.3) is 10.9 Å². The number of nitrogens with zero attached hydrogens (tertiary/aromatic N) is 3. The number of thioether (sulfide) groups is 1. The Hall–Kier alpha value is -3.63. The maximum Gasteiger partial charge on any atom is 0.314 e. The van der Waals surface area contributed by atoms with E-state index in [2.05, 4.69) is 21.2 Å². The quantitative estimate of drug-likeness (QED) is 0.316. The molecule has 0 aliphatic carbocycles. The second-order valence-electron chi connectivity index (χ2n) is 8.28. The molecule has 1 amide bonds. The van der Waals surface area contributed by atoms with Crippen molar-refractivity contribution < 1.29 is 14.5 Å². The number of carbonyl (C=O) groups excluding carboxylic acids is 1. The van der Waals surface area contributed by atoms with E-state index in [0.717, 1.165) is 33.1 Å². The monoisotopic (exact) mass is 548 g/mol. The van der Waals surface area contributed by atoms with Gasteiger partial charge in [-0.15, -0.1) is 0 Å². The number of hydrazone groups is 1. The van der Waals surface area contributed by atoms with Gasteiger partial charge in [-0.2, -0.15) is 5.10 Å². The molecule has 3 aromatic rings. The average Bonchev–Trinajstić information content (AvgIpc) is 3.43. The third-order valence-corrected chi connectivity index (χ3v) is 7.51. The highest BCUT2D eigenvalue weighted by Crippen LogP contribution is 2.53. The van der Waals surface area contributed by atoms with Gasteiger partial charge in [0.05, 0.1) is 21.6 Å². The highest BCUT2D eigenvalue weighted by atomic mass is 79.9. The molecule has 6 rings (SSSR count). The molecule has 35 heavy (non-hydrogen) atoms. The number of hydrogen-bond donors (Lipinski definition) is 1. The van der Waals surface area contributed by atoms with Gasteiger partial charge in [-0.05, 0) is 47.2 Å². The Morgan fingerprint density at radius 3 is 2.80 bits per heavy atom. The molecule has 174 valence electrons. The van der Waals surface area contributed by atoms with E-state index >= 15 is 0 Å². The van der Waals surface area contributed by atoms with Gasteiger partial charge in [0.1, 0.15) is 5.75 Å². The van der Waals surface area contributed by atoms with Crippen LogP contribution in [0.5, 0.6) is 5.75 Å². The van der Waals surface area contributed by atoms with Gasteiger partial charge in [-0.1, -0.05) is 58.4 Å². The molecule has 2 atom stereocenters. The van der Waals surface area contributed by atoms with Crippen LogP contribution < -0.4 is 10.1 Å². The minimum Gasteiger partial charge on any atom is -0.444 e. The first kappa shape index (κ1) is 21.9. The maximum atomic E-state index is 12.7. The Balaban J connectivity index is 1.51. The van der Waals surface area contributed by atoms with Gasteiger partial charge >= 0.3 is 5.85 Å². The number of nitro benzene ring substituents is 1. The molecule has 0 unspecified atom stereocenters. The zero-order valence-electron chi connectivity index (χ0n) is 18.1. The zero-order chi connectivity index (χ0) is 24.2. The predicted octanol–water partition coefficient (Wildman–Crippen LogP) is 6.05. The summed E-state index contributed by atoms with van der Waals surface area (Å²) in [5.41, 5.74) is 3.40. The van der Waals surface area contributed by atoms with Gasteiger partial charge in [0, 0.05) is 28.6 Å². The standard InChI is InChI=1S/C25H17BrN4O4S/c26-17-9-10-22-19(13-17)21-14-20(16-6-2-1-3-7-16)28-29(21)25(34-22)23(35-24(31)27-25)12-15-5-4-8-18(11-15)30(32)33/h1-13,21H,14H2,(H,27,31)/b23-12-/t21-,25-/m1/s1. The largest absolute Gasteiger partial charge is 0.444 e. The van der Waals surface area contributed by atoms with E-state index in [9.17, 15) is 14.9 Å². The Bertz CT molecular complexity index is 1440. The first-order valence-corrected chi connectivity index (χ1v) is 12.4. The molecule has 3 aromatic carbocycles. The van der Waals surface area contributed by atoms with Crippen LogP contribution in [0.3, 0.4) is 0 Å². The lowest BCUT2D eigenvalue weighted by Crippen LogP contribution is -2.61. The van der Waals surface area contributed by atoms with Crippen LogP contribution in [-0.2, 0) is 0 Å². The fourth-order valence-electron chi connectivity index (χ4n) is 4.57. The third-order valence-electron chi connectivity index (χ3n) is 6.12. The van der Waals surface area contributed by atoms with Crippen molar-refractivity contribution >= 4 is 50.4 Å². The molecule has 0 saturated carbocycles. The number of non-ortho nitro benzene ring substituents is 1. The summed E-state index contributed by atoms with van der Waals surface area (Å²) in [7, 11) is 0. The van der Waals surface area contributed by atoms with Crippen LogP contribution in [0.1, 0.15) is 29.2 Å². The molecule has 0 radical (unpaired) electrons. The topological polar surface area (TPSA) is 97.1 Å². The third kappa shape index (κ3) is 3.69. The molecule has 3 aliphatic rings. The van der Waals surface area contributed by atoms with E-state index in [1.54, 1.807) is 18.2 Å². The Morgan fingerprint density at radius 2 is 2.00 bits per heavy atom. The summed E-state index contributed by atoms with van der Waals surface area (Å²) in [4.78, 5) is 24.1. The molecule has 1 fully saturated rings. The van der Waals surface area contributed by atoms with Crippen molar-refractivity contribution in [1.82, 2.24) is 10.3 Å². The molecule has 8 nitrogen and oxygen atoms in total. The minimum absolute atomic E-state index is 0.0288. The minimum atomic E-state index is -1.37. The van der Waals surface area contributed by atoms with Crippen LogP contribution in [-0.4, -0.2) is 26.7 Å². The number of nitro groups is 1. The molecule has 10 heteroatoms. The second-order valence-corrected chi connectivity index (χ2v) is 10.2. The fourth-order valence-corrected chi connectivity index (χ4v) is 5.86. The van der Waals surface area contributed by atoms with Crippen molar-refractivity contribution in [2.45, 2.75) is 18.3 Å². The van der Waals surface area contributed by atoms with Crippen LogP contribution in [0.2, 0.25) is 0 Å². The first-order chi connectivity index (χ1) is 16.9. The lowest BCUT2D eigenvalue weighted by atomic mass is 9.95. The maximum absolute atomic E-state index is 12.7. The summed E-state index contributed by atoms with van der Waals surface area (Å²) in [5.74, 6) is -0.722. The number of amides is 1. The van der Waals surface area contributed by atoms with Crippen LogP contribution in [0.15, 0.2) is 87.3 Å². The molecule has 1 spiro atoms. The SMILES string of the molecule is O=C1N[C@]2(Oc3ccc(Br)cc3[C@H]3CC(c4ccccc4)=NN32)/C(=C/c2cccc([N+](=O)[O-])c2)S1. The van der Waals surface area contributed by atoms with E-state index in [1.807, 2.05) is 53.5 Å². The fraction of sp³-hybridized carbons (Fsp3) is 0.120. The number of fused-ring (bicyclic) bond motifs is 4. The van der Waals surface area contributed by atoms with Crippen molar-refractivity contribution in [3.63, 3.8) is 0 Å². The number of halogens is 1. The van der Waals surface area contributed by atoms with Crippen molar-refractivity contribution in [3.8, 4) is 5.75 Å². The molecule has 1 saturated heterocycles. The summed E-state index contributed by atoms with van der Waals surface area (Å²) in [5, 5.41) is 20.7. The van der Waals surface area contributed by atoms with Gasteiger partial charge in [-0.3, -0.25) is 20.2 Å². The Kier molecular flexibility index (Phi) is 5.15. The smallest absolute Gasteiger partial charge is 0.314 e. The van der Waals surface area contributed by atoms with E-state index in [4.69, 9.17) is 9.84 Å². The van der Waals surface area contributed by atoms with E-state index in [0.29, 0.717) is 22.6 Å². The molecular weight excluding hydrogens is 532 g/mol. The van der Waals surface area contributed by atoms with E-state index in [1.165, 1.54) is 12.1 Å². The van der Waals surface area contributed by atoms with Crippen molar-refractivity contribution in [2.24, 2.45) is 5.10 Å². The molecular formula is C25H17BrN4O4S. The van der Waals surface area contributed by atoms with E-state index < -0.39 is 10.8 Å².